The Kier molecular flexibility index (Phi) is 4.08. The molecule has 0 unspecified atom stereocenters. The molecule has 1 aliphatic rings. The second kappa shape index (κ2) is 6.55. The lowest BCUT2D eigenvalue weighted by Crippen LogP contribution is -2.35. The van der Waals surface area contributed by atoms with Gasteiger partial charge in [-0.1, -0.05) is 0 Å². The molecule has 6 heteroatoms. The Balaban J connectivity index is 1.52. The summed E-state index contributed by atoms with van der Waals surface area (Å²) in [4.78, 5) is 25.3. The van der Waals surface area contributed by atoms with Gasteiger partial charge in [-0.25, -0.2) is 0 Å². The van der Waals surface area contributed by atoms with Crippen LogP contribution in [-0.2, 0) is 17.8 Å². The van der Waals surface area contributed by atoms with Crippen molar-refractivity contribution in [3.63, 3.8) is 0 Å². The lowest BCUT2D eigenvalue weighted by atomic mass is 10.1. The molecule has 1 aliphatic heterocycles. The van der Waals surface area contributed by atoms with Crippen molar-refractivity contribution < 1.29 is 18.4 Å². The van der Waals surface area contributed by atoms with Gasteiger partial charge in [-0.3, -0.25) is 9.59 Å². The van der Waals surface area contributed by atoms with Crippen molar-refractivity contribution in [3.05, 3.63) is 65.8 Å². The molecule has 1 aromatic carbocycles. The smallest absolute Gasteiger partial charge is 0.289 e. The van der Waals surface area contributed by atoms with Gasteiger partial charge < -0.3 is 19.1 Å². The molecule has 0 spiro atoms. The van der Waals surface area contributed by atoms with Gasteiger partial charge in [-0.05, 0) is 42.5 Å². The Morgan fingerprint density at radius 1 is 1.15 bits per heavy atom. The zero-order chi connectivity index (χ0) is 18.1. The van der Waals surface area contributed by atoms with Gasteiger partial charge in [0.2, 0.25) is 5.91 Å². The number of fused-ring (bicyclic) bond motifs is 1. The number of amides is 2. The number of furan rings is 2. The van der Waals surface area contributed by atoms with E-state index in [0.717, 1.165) is 28.3 Å². The molecule has 132 valence electrons. The minimum atomic E-state index is -0.108. The number of anilines is 1. The lowest BCUT2D eigenvalue weighted by molar-refractivity contribution is -0.114. The number of hydrogen-bond acceptors (Lipinski definition) is 4. The van der Waals surface area contributed by atoms with Crippen molar-refractivity contribution in [3.8, 4) is 11.3 Å². The van der Waals surface area contributed by atoms with E-state index in [-0.39, 0.29) is 11.8 Å². The third-order valence-corrected chi connectivity index (χ3v) is 4.38. The van der Waals surface area contributed by atoms with E-state index in [2.05, 4.69) is 5.32 Å². The summed E-state index contributed by atoms with van der Waals surface area (Å²) >= 11 is 0. The first-order valence-electron chi connectivity index (χ1n) is 8.42. The summed E-state index contributed by atoms with van der Waals surface area (Å²) in [5.74, 6) is 1.81. The number of benzene rings is 1. The average molecular weight is 350 g/mol. The number of carbonyl (C=O) groups is 2. The molecule has 3 aromatic rings. The molecule has 1 N–H and O–H groups in total. The quantitative estimate of drug-likeness (QED) is 0.781. The van der Waals surface area contributed by atoms with Crippen LogP contribution in [0.15, 0.2) is 57.6 Å². The van der Waals surface area contributed by atoms with Crippen molar-refractivity contribution in [1.82, 2.24) is 4.90 Å². The first-order chi connectivity index (χ1) is 12.6. The molecule has 0 atom stereocenters. The van der Waals surface area contributed by atoms with E-state index in [9.17, 15) is 9.59 Å². The van der Waals surface area contributed by atoms with Gasteiger partial charge in [0.25, 0.3) is 5.91 Å². The molecule has 0 aliphatic carbocycles. The molecular weight excluding hydrogens is 332 g/mol. The minimum absolute atomic E-state index is 0.104. The van der Waals surface area contributed by atoms with Gasteiger partial charge >= 0.3 is 0 Å². The van der Waals surface area contributed by atoms with Crippen LogP contribution >= 0.6 is 0 Å². The molecule has 0 radical (unpaired) electrons. The summed E-state index contributed by atoms with van der Waals surface area (Å²) in [5.41, 5.74) is 2.68. The number of nitrogens with one attached hydrogen (secondary N) is 1. The second-order valence-electron chi connectivity index (χ2n) is 6.27. The number of nitrogens with zero attached hydrogens (tertiary/aromatic N) is 1. The van der Waals surface area contributed by atoms with E-state index in [4.69, 9.17) is 8.83 Å². The van der Waals surface area contributed by atoms with E-state index in [1.54, 1.807) is 17.0 Å². The van der Waals surface area contributed by atoms with Crippen LogP contribution in [0.2, 0.25) is 0 Å². The Morgan fingerprint density at radius 2 is 1.96 bits per heavy atom. The molecule has 26 heavy (non-hydrogen) atoms. The first-order valence-corrected chi connectivity index (χ1v) is 8.42. The largest absolute Gasteiger partial charge is 0.461 e. The van der Waals surface area contributed by atoms with Gasteiger partial charge in [0.15, 0.2) is 5.76 Å². The molecule has 0 fully saturated rings. The van der Waals surface area contributed by atoms with Crippen LogP contribution in [0, 0.1) is 0 Å². The highest BCUT2D eigenvalue weighted by atomic mass is 16.3. The molecule has 0 saturated heterocycles. The summed E-state index contributed by atoms with van der Waals surface area (Å²) in [7, 11) is 0. The highest BCUT2D eigenvalue weighted by Gasteiger charge is 2.26. The summed E-state index contributed by atoms with van der Waals surface area (Å²) in [6, 6.07) is 12.8. The summed E-state index contributed by atoms with van der Waals surface area (Å²) in [5, 5.41) is 2.74. The minimum Gasteiger partial charge on any atom is -0.461 e. The van der Waals surface area contributed by atoms with Crippen molar-refractivity contribution in [2.75, 3.05) is 11.9 Å². The van der Waals surface area contributed by atoms with Crippen LogP contribution in [0.4, 0.5) is 5.69 Å². The molecule has 0 saturated carbocycles. The maximum Gasteiger partial charge on any atom is 0.289 e. The maximum atomic E-state index is 12.4. The Hall–Kier alpha value is -3.28. The third kappa shape index (κ3) is 3.13. The second-order valence-corrected chi connectivity index (χ2v) is 6.27. The van der Waals surface area contributed by atoms with Crippen LogP contribution in [0.1, 0.15) is 28.8 Å². The molecule has 0 bridgehead atoms. The number of carbonyl (C=O) groups excluding carboxylic acids is 2. The summed E-state index contributed by atoms with van der Waals surface area (Å²) in [6.07, 6.45) is 2.18. The van der Waals surface area contributed by atoms with E-state index >= 15 is 0 Å². The first kappa shape index (κ1) is 16.2. The van der Waals surface area contributed by atoms with E-state index in [1.165, 1.54) is 13.2 Å². The van der Waals surface area contributed by atoms with Crippen LogP contribution in [0.25, 0.3) is 11.3 Å². The van der Waals surface area contributed by atoms with Gasteiger partial charge in [-0.2, -0.15) is 0 Å². The zero-order valence-electron chi connectivity index (χ0n) is 14.3. The fourth-order valence-electron chi connectivity index (χ4n) is 3.13. The summed E-state index contributed by atoms with van der Waals surface area (Å²) < 4.78 is 11.2. The van der Waals surface area contributed by atoms with E-state index < -0.39 is 0 Å². The standard InChI is InChI=1S/C20H18N2O4/c1-13(23)21-16-6-4-14(5-7-16)19-11-15-12-22(9-8-17(15)26-19)20(24)18-3-2-10-25-18/h2-7,10-11H,8-9,12H2,1H3,(H,21,23). The predicted octanol–water partition coefficient (Wildman–Crippen LogP) is 3.70. The summed E-state index contributed by atoms with van der Waals surface area (Å²) in [6.45, 7) is 2.58. The third-order valence-electron chi connectivity index (χ3n) is 4.38. The van der Waals surface area contributed by atoms with Gasteiger partial charge in [-0.15, -0.1) is 0 Å². The highest BCUT2D eigenvalue weighted by Crippen LogP contribution is 2.30. The predicted molar refractivity (Wildman–Crippen MR) is 95.6 cm³/mol. The molecule has 6 nitrogen and oxygen atoms in total. The SMILES string of the molecule is CC(=O)Nc1ccc(-c2cc3c(o2)CCN(C(=O)c2ccco2)C3)cc1. The number of hydrogen-bond donors (Lipinski definition) is 1. The Bertz CT molecular complexity index is 939. The zero-order valence-corrected chi connectivity index (χ0v) is 14.3. The Labute approximate surface area is 150 Å². The lowest BCUT2D eigenvalue weighted by Gasteiger charge is -2.25. The van der Waals surface area contributed by atoms with Crippen LogP contribution < -0.4 is 5.32 Å². The van der Waals surface area contributed by atoms with Gasteiger partial charge in [0.1, 0.15) is 11.5 Å². The molecular formula is C20H18N2O4. The van der Waals surface area contributed by atoms with Crippen LogP contribution in [-0.4, -0.2) is 23.3 Å². The van der Waals surface area contributed by atoms with Crippen molar-refractivity contribution in [2.45, 2.75) is 19.9 Å². The van der Waals surface area contributed by atoms with E-state index in [1.807, 2.05) is 30.3 Å². The Morgan fingerprint density at radius 3 is 2.65 bits per heavy atom. The van der Waals surface area contributed by atoms with Crippen LogP contribution in [0.3, 0.4) is 0 Å². The molecule has 3 heterocycles. The average Bonchev–Trinajstić information content (AvgIpc) is 3.30. The normalized spacial score (nSPS) is 13.3. The fraction of sp³-hybridized carbons (Fsp3) is 0.200. The fourth-order valence-corrected chi connectivity index (χ4v) is 3.13. The van der Waals surface area contributed by atoms with Crippen molar-refractivity contribution >= 4 is 17.5 Å². The molecule has 4 rings (SSSR count). The van der Waals surface area contributed by atoms with E-state index in [0.29, 0.717) is 25.3 Å². The highest BCUT2D eigenvalue weighted by molar-refractivity contribution is 5.91. The molecule has 2 aromatic heterocycles. The topological polar surface area (TPSA) is 75.7 Å². The van der Waals surface area contributed by atoms with Crippen molar-refractivity contribution in [2.24, 2.45) is 0 Å². The molecule has 2 amide bonds. The maximum absolute atomic E-state index is 12.4. The van der Waals surface area contributed by atoms with Crippen molar-refractivity contribution in [1.29, 1.82) is 0 Å². The number of rotatable bonds is 3. The van der Waals surface area contributed by atoms with Gasteiger partial charge in [0, 0.05) is 43.2 Å². The monoisotopic (exact) mass is 350 g/mol. The van der Waals surface area contributed by atoms with Crippen LogP contribution in [0.5, 0.6) is 0 Å². The van der Waals surface area contributed by atoms with Gasteiger partial charge in [0.05, 0.1) is 6.26 Å².